The zero-order chi connectivity index (χ0) is 15.4. The molecule has 1 aromatic rings. The summed E-state index contributed by atoms with van der Waals surface area (Å²) >= 11 is 1.44. The zero-order valence-corrected chi connectivity index (χ0v) is 13.6. The van der Waals surface area contributed by atoms with Gasteiger partial charge in [-0.1, -0.05) is 18.9 Å². The molecule has 3 rings (SSSR count). The smallest absolute Gasteiger partial charge is 0.225 e. The van der Waals surface area contributed by atoms with Crippen LogP contribution in [0.5, 0.6) is 5.75 Å². The van der Waals surface area contributed by atoms with Crippen LogP contribution in [0.3, 0.4) is 0 Å². The van der Waals surface area contributed by atoms with Gasteiger partial charge < -0.3 is 5.11 Å². The third-order valence-electron chi connectivity index (χ3n) is 4.17. The first kappa shape index (κ1) is 15.2. The Morgan fingerprint density at radius 2 is 2.27 bits per heavy atom. The molecule has 1 aliphatic heterocycles. The number of rotatable bonds is 3. The second-order valence-electron chi connectivity index (χ2n) is 5.87. The van der Waals surface area contributed by atoms with E-state index in [0.29, 0.717) is 6.54 Å². The van der Waals surface area contributed by atoms with Gasteiger partial charge in [-0.25, -0.2) is 5.01 Å². The summed E-state index contributed by atoms with van der Waals surface area (Å²) < 4.78 is 3.28. The van der Waals surface area contributed by atoms with Crippen LogP contribution in [0.4, 0.5) is 0 Å². The summed E-state index contributed by atoms with van der Waals surface area (Å²) in [5.74, 6) is 1.06. The number of benzene rings is 1. The van der Waals surface area contributed by atoms with E-state index >= 15 is 0 Å². The number of phenolic OH excluding ortho intramolecular Hbond substituents is 1. The third kappa shape index (κ3) is 3.38. The van der Waals surface area contributed by atoms with Crippen molar-refractivity contribution in [2.75, 3.05) is 13.1 Å². The first-order chi connectivity index (χ1) is 10.7. The normalized spacial score (nSPS) is 20.0. The number of aromatic hydroxyl groups is 1. The molecule has 0 atom stereocenters. The quantitative estimate of drug-likeness (QED) is 0.510. The van der Waals surface area contributed by atoms with E-state index in [4.69, 9.17) is 0 Å². The van der Waals surface area contributed by atoms with E-state index in [9.17, 15) is 5.11 Å². The van der Waals surface area contributed by atoms with Gasteiger partial charge >= 0.3 is 0 Å². The average Bonchev–Trinajstić information content (AvgIpc) is 3.14. The number of nitrogens with one attached hydrogen (secondary N) is 1. The molecule has 1 heterocycles. The Balaban J connectivity index is 1.64. The number of nitrogens with zero attached hydrogens (tertiary/aromatic N) is 3. The minimum atomic E-state index is 0.256. The van der Waals surface area contributed by atoms with Gasteiger partial charge in [0.05, 0.1) is 6.54 Å². The van der Waals surface area contributed by atoms with Gasteiger partial charge in [-0.15, -0.1) is 0 Å². The zero-order valence-electron chi connectivity index (χ0n) is 12.8. The van der Waals surface area contributed by atoms with Gasteiger partial charge in [0.2, 0.25) is 5.96 Å². The topological polar surface area (TPSA) is 60.2 Å². The van der Waals surface area contributed by atoms with Crippen molar-refractivity contribution >= 4 is 24.1 Å². The minimum Gasteiger partial charge on any atom is -0.508 e. The third-order valence-corrected chi connectivity index (χ3v) is 4.94. The fourth-order valence-electron chi connectivity index (χ4n) is 3.04. The van der Waals surface area contributed by atoms with Gasteiger partial charge in [-0.3, -0.25) is 9.71 Å². The van der Waals surface area contributed by atoms with Crippen molar-refractivity contribution in [3.05, 3.63) is 24.3 Å². The summed E-state index contributed by atoms with van der Waals surface area (Å²) in [5.41, 5.74) is 0.256. The number of hydrazone groups is 1. The van der Waals surface area contributed by atoms with Gasteiger partial charge in [-0.2, -0.15) is 5.10 Å². The van der Waals surface area contributed by atoms with Gasteiger partial charge in [0.1, 0.15) is 5.75 Å². The fraction of sp³-hybridized carbons (Fsp3) is 0.500. The predicted octanol–water partition coefficient (Wildman–Crippen LogP) is 3.23. The van der Waals surface area contributed by atoms with E-state index < -0.39 is 0 Å². The van der Waals surface area contributed by atoms with E-state index in [1.807, 2.05) is 24.1 Å². The Hall–Kier alpha value is -1.69. The van der Waals surface area contributed by atoms with Crippen molar-refractivity contribution < 1.29 is 5.11 Å². The van der Waals surface area contributed by atoms with Crippen molar-refractivity contribution in [3.8, 4) is 5.75 Å². The van der Waals surface area contributed by atoms with Crippen LogP contribution in [-0.2, 0) is 0 Å². The van der Waals surface area contributed by atoms with Gasteiger partial charge in [0.25, 0.3) is 0 Å². The summed E-state index contributed by atoms with van der Waals surface area (Å²) in [6.07, 6.45) is 7.17. The minimum absolute atomic E-state index is 0.256. The highest BCUT2D eigenvalue weighted by molar-refractivity contribution is 7.98. The van der Waals surface area contributed by atoms with E-state index in [1.54, 1.807) is 12.1 Å². The molecule has 1 fully saturated rings. The number of aliphatic imine (C=N–C) groups is 1. The van der Waals surface area contributed by atoms with E-state index in [2.05, 4.69) is 21.0 Å². The molecule has 22 heavy (non-hydrogen) atoms. The van der Waals surface area contributed by atoms with Crippen molar-refractivity contribution in [2.45, 2.75) is 37.5 Å². The highest BCUT2D eigenvalue weighted by atomic mass is 32.2. The van der Waals surface area contributed by atoms with Crippen LogP contribution in [0.1, 0.15) is 32.6 Å². The molecule has 118 valence electrons. The van der Waals surface area contributed by atoms with Crippen LogP contribution in [0, 0.1) is 5.41 Å². The monoisotopic (exact) mass is 318 g/mol. The van der Waals surface area contributed by atoms with Crippen molar-refractivity contribution in [2.24, 2.45) is 15.5 Å². The molecule has 1 aromatic carbocycles. The number of hydrogen-bond donors (Lipinski definition) is 2. The molecule has 1 saturated carbocycles. The molecule has 0 radical (unpaired) electrons. The molecule has 1 aliphatic carbocycles. The molecule has 1 spiro atoms. The maximum atomic E-state index is 9.53. The molecule has 0 unspecified atom stereocenters. The van der Waals surface area contributed by atoms with E-state index in [1.165, 1.54) is 37.6 Å². The summed E-state index contributed by atoms with van der Waals surface area (Å²) in [6.45, 7) is 3.65. The van der Waals surface area contributed by atoms with Crippen LogP contribution in [-0.4, -0.2) is 35.4 Å². The largest absolute Gasteiger partial charge is 0.508 e. The first-order valence-corrected chi connectivity index (χ1v) is 8.61. The Bertz CT molecular complexity index is 581. The lowest BCUT2D eigenvalue weighted by Gasteiger charge is -2.23. The van der Waals surface area contributed by atoms with Crippen LogP contribution in [0.15, 0.2) is 39.3 Å². The Morgan fingerprint density at radius 1 is 1.45 bits per heavy atom. The summed E-state index contributed by atoms with van der Waals surface area (Å²) in [5, 5.41) is 16.1. The Labute approximate surface area is 135 Å². The van der Waals surface area contributed by atoms with Gasteiger partial charge in [0.15, 0.2) is 0 Å². The molecular formula is C16H22N4OS. The maximum absolute atomic E-state index is 9.53. The molecule has 5 nitrogen and oxygen atoms in total. The van der Waals surface area contributed by atoms with Crippen molar-refractivity contribution in [1.82, 2.24) is 9.73 Å². The molecule has 2 N–H and O–H groups in total. The molecule has 0 bridgehead atoms. The predicted molar refractivity (Wildman–Crippen MR) is 91.2 cm³/mol. The number of guanidine groups is 1. The SMILES string of the molecule is CCN=C(NSc1cccc(O)c1)N1CC2(C=N1)CCCC2. The molecule has 0 saturated heterocycles. The van der Waals surface area contributed by atoms with Crippen molar-refractivity contribution in [1.29, 1.82) is 0 Å². The number of phenols is 1. The highest BCUT2D eigenvalue weighted by Gasteiger charge is 2.39. The Kier molecular flexibility index (Phi) is 4.57. The second-order valence-corrected chi connectivity index (χ2v) is 6.75. The van der Waals surface area contributed by atoms with Crippen LogP contribution in [0.2, 0.25) is 0 Å². The van der Waals surface area contributed by atoms with E-state index in [0.717, 1.165) is 17.4 Å². The summed E-state index contributed by atoms with van der Waals surface area (Å²) in [4.78, 5) is 5.48. The highest BCUT2D eigenvalue weighted by Crippen LogP contribution is 2.40. The molecule has 2 aliphatic rings. The van der Waals surface area contributed by atoms with Crippen LogP contribution in [0.25, 0.3) is 0 Å². The lowest BCUT2D eigenvalue weighted by molar-refractivity contribution is 0.342. The second kappa shape index (κ2) is 6.60. The van der Waals surface area contributed by atoms with Crippen LogP contribution >= 0.6 is 11.9 Å². The lowest BCUT2D eigenvalue weighted by Crippen LogP contribution is -2.37. The molecule has 0 amide bonds. The van der Waals surface area contributed by atoms with Crippen LogP contribution < -0.4 is 4.72 Å². The van der Waals surface area contributed by atoms with E-state index in [-0.39, 0.29) is 11.2 Å². The van der Waals surface area contributed by atoms with Crippen molar-refractivity contribution in [3.63, 3.8) is 0 Å². The lowest BCUT2D eigenvalue weighted by atomic mass is 9.88. The summed E-state index contributed by atoms with van der Waals surface area (Å²) in [6, 6.07) is 7.18. The Morgan fingerprint density at radius 3 is 3.00 bits per heavy atom. The standard InChI is InChI=1S/C16H22N4OS/c1-2-17-15(19-22-14-7-5-6-13(21)10-14)20-12-16(11-18-20)8-3-4-9-16/h5-7,10-11,21H,2-4,8-9,12H2,1H3,(H,17,19). The fourth-order valence-corrected chi connectivity index (χ4v) is 3.74. The maximum Gasteiger partial charge on any atom is 0.225 e. The van der Waals surface area contributed by atoms with Gasteiger partial charge in [-0.05, 0) is 49.9 Å². The molecule has 0 aromatic heterocycles. The number of hydrogen-bond acceptors (Lipinski definition) is 4. The van der Waals surface area contributed by atoms with Gasteiger partial charge in [0, 0.05) is 23.1 Å². The molecule has 6 heteroatoms. The molecular weight excluding hydrogens is 296 g/mol. The summed E-state index contributed by atoms with van der Waals surface area (Å²) in [7, 11) is 0. The average molecular weight is 318 g/mol. The first-order valence-electron chi connectivity index (χ1n) is 7.80.